The van der Waals surface area contributed by atoms with Crippen molar-refractivity contribution in [3.8, 4) is 0 Å². The number of aryl methyl sites for hydroxylation is 1. The smallest absolute Gasteiger partial charge is 0.239 e. The molecule has 1 fully saturated rings. The molecule has 2 aliphatic rings. The van der Waals surface area contributed by atoms with Gasteiger partial charge in [0.25, 0.3) is 0 Å². The number of halogens is 1. The van der Waals surface area contributed by atoms with Gasteiger partial charge in [0, 0.05) is 31.9 Å². The van der Waals surface area contributed by atoms with Gasteiger partial charge in [0.1, 0.15) is 5.82 Å². The van der Waals surface area contributed by atoms with Crippen LogP contribution in [0, 0.1) is 5.82 Å². The van der Waals surface area contributed by atoms with Crippen LogP contribution >= 0.6 is 0 Å². The van der Waals surface area contributed by atoms with E-state index >= 15 is 0 Å². The van der Waals surface area contributed by atoms with E-state index in [2.05, 4.69) is 11.0 Å². The highest BCUT2D eigenvalue weighted by Crippen LogP contribution is 2.29. The topological polar surface area (TPSA) is 40.6 Å². The van der Waals surface area contributed by atoms with Crippen LogP contribution in [-0.4, -0.2) is 38.9 Å². The molecule has 0 spiro atoms. The molecule has 1 heterocycles. The SMILES string of the molecule is O=S(=O)(C1=Cc2ccccc2CC1)N1CCN(c2ccc(F)cc2)CC1. The molecule has 136 valence electrons. The van der Waals surface area contributed by atoms with Gasteiger partial charge in [0.05, 0.1) is 4.91 Å². The highest BCUT2D eigenvalue weighted by atomic mass is 32.2. The monoisotopic (exact) mass is 372 g/mol. The molecule has 4 rings (SSSR count). The van der Waals surface area contributed by atoms with Gasteiger partial charge in [-0.05, 0) is 54.3 Å². The Morgan fingerprint density at radius 2 is 1.54 bits per heavy atom. The van der Waals surface area contributed by atoms with Crippen molar-refractivity contribution in [3.05, 3.63) is 70.4 Å². The van der Waals surface area contributed by atoms with Gasteiger partial charge in [0.2, 0.25) is 10.0 Å². The molecule has 0 atom stereocenters. The van der Waals surface area contributed by atoms with E-state index in [1.165, 1.54) is 17.7 Å². The Morgan fingerprint density at radius 1 is 0.846 bits per heavy atom. The standard InChI is InChI=1S/C20H21FN2O2S/c21-18-6-8-19(9-7-18)22-11-13-23(14-12-22)26(24,25)20-10-5-16-3-1-2-4-17(16)15-20/h1-4,6-9,15H,5,10-14H2. The number of allylic oxidation sites excluding steroid dienone is 1. The number of sulfonamides is 1. The summed E-state index contributed by atoms with van der Waals surface area (Å²) >= 11 is 0. The zero-order valence-corrected chi connectivity index (χ0v) is 15.3. The van der Waals surface area contributed by atoms with Crippen molar-refractivity contribution < 1.29 is 12.8 Å². The number of piperazine rings is 1. The molecule has 2 aromatic carbocycles. The third-order valence-electron chi connectivity index (χ3n) is 5.11. The summed E-state index contributed by atoms with van der Waals surface area (Å²) in [7, 11) is -3.43. The third-order valence-corrected chi connectivity index (χ3v) is 7.14. The molecule has 0 N–H and O–H groups in total. The number of hydrogen-bond acceptors (Lipinski definition) is 3. The van der Waals surface area contributed by atoms with Crippen LogP contribution in [0.3, 0.4) is 0 Å². The van der Waals surface area contributed by atoms with Gasteiger partial charge in [-0.15, -0.1) is 0 Å². The van der Waals surface area contributed by atoms with E-state index < -0.39 is 10.0 Å². The Hall–Kier alpha value is -2.18. The van der Waals surface area contributed by atoms with Crippen molar-refractivity contribution in [1.82, 2.24) is 4.31 Å². The molecule has 0 bridgehead atoms. The predicted molar refractivity (Wildman–Crippen MR) is 102 cm³/mol. The number of nitrogens with zero attached hydrogens (tertiary/aromatic N) is 2. The Kier molecular flexibility index (Phi) is 4.54. The number of fused-ring (bicyclic) bond motifs is 1. The fraction of sp³-hybridized carbons (Fsp3) is 0.300. The number of benzene rings is 2. The maximum Gasteiger partial charge on any atom is 0.239 e. The minimum absolute atomic E-state index is 0.264. The first-order chi connectivity index (χ1) is 12.5. The van der Waals surface area contributed by atoms with Crippen LogP contribution in [-0.2, 0) is 16.4 Å². The second-order valence-electron chi connectivity index (χ2n) is 6.68. The first-order valence-electron chi connectivity index (χ1n) is 8.83. The zero-order valence-electron chi connectivity index (χ0n) is 14.4. The fourth-order valence-corrected chi connectivity index (χ4v) is 5.23. The van der Waals surface area contributed by atoms with Crippen LogP contribution in [0.2, 0.25) is 0 Å². The van der Waals surface area contributed by atoms with Gasteiger partial charge >= 0.3 is 0 Å². The average molecular weight is 372 g/mol. The van der Waals surface area contributed by atoms with Crippen LogP contribution in [0.15, 0.2) is 53.4 Å². The molecule has 0 amide bonds. The molecule has 0 saturated carbocycles. The Labute approximate surface area is 153 Å². The van der Waals surface area contributed by atoms with E-state index in [1.807, 2.05) is 24.3 Å². The van der Waals surface area contributed by atoms with E-state index in [1.54, 1.807) is 16.4 Å². The van der Waals surface area contributed by atoms with Crippen molar-refractivity contribution in [2.45, 2.75) is 12.8 Å². The number of anilines is 1. The lowest BCUT2D eigenvalue weighted by Crippen LogP contribution is -2.49. The molecule has 1 saturated heterocycles. The summed E-state index contributed by atoms with van der Waals surface area (Å²) in [5.74, 6) is -0.264. The second-order valence-corrected chi connectivity index (χ2v) is 8.67. The summed E-state index contributed by atoms with van der Waals surface area (Å²) in [6.07, 6.45) is 3.13. The second kappa shape index (κ2) is 6.85. The molecule has 6 heteroatoms. The van der Waals surface area contributed by atoms with Gasteiger partial charge in [-0.1, -0.05) is 24.3 Å². The van der Waals surface area contributed by atoms with Crippen molar-refractivity contribution in [2.75, 3.05) is 31.1 Å². The summed E-state index contributed by atoms with van der Waals surface area (Å²) in [6, 6.07) is 14.3. The molecule has 26 heavy (non-hydrogen) atoms. The predicted octanol–water partition coefficient (Wildman–Crippen LogP) is 3.26. The van der Waals surface area contributed by atoms with Crippen LogP contribution in [0.25, 0.3) is 6.08 Å². The Bertz CT molecular complexity index is 931. The number of rotatable bonds is 3. The summed E-state index contributed by atoms with van der Waals surface area (Å²) in [5.41, 5.74) is 3.13. The average Bonchev–Trinajstić information content (AvgIpc) is 2.68. The van der Waals surface area contributed by atoms with Crippen molar-refractivity contribution in [1.29, 1.82) is 0 Å². The molecular formula is C20H21FN2O2S. The van der Waals surface area contributed by atoms with Crippen LogP contribution in [0.5, 0.6) is 0 Å². The van der Waals surface area contributed by atoms with E-state index in [0.717, 1.165) is 17.7 Å². The maximum atomic E-state index is 13.1. The van der Waals surface area contributed by atoms with Crippen LogP contribution in [0.1, 0.15) is 17.5 Å². The first kappa shape index (κ1) is 17.2. The maximum absolute atomic E-state index is 13.1. The molecule has 4 nitrogen and oxygen atoms in total. The van der Waals surface area contributed by atoms with Gasteiger partial charge in [-0.2, -0.15) is 4.31 Å². The molecule has 1 aliphatic carbocycles. The lowest BCUT2D eigenvalue weighted by Gasteiger charge is -2.36. The summed E-state index contributed by atoms with van der Waals surface area (Å²) in [4.78, 5) is 2.60. The lowest BCUT2D eigenvalue weighted by molar-refractivity contribution is 0.388. The minimum Gasteiger partial charge on any atom is -0.369 e. The molecular weight excluding hydrogens is 351 g/mol. The van der Waals surface area contributed by atoms with E-state index in [4.69, 9.17) is 0 Å². The van der Waals surface area contributed by atoms with Crippen molar-refractivity contribution in [2.24, 2.45) is 0 Å². The number of hydrogen-bond donors (Lipinski definition) is 0. The quantitative estimate of drug-likeness (QED) is 0.830. The van der Waals surface area contributed by atoms with E-state index in [9.17, 15) is 12.8 Å². The van der Waals surface area contributed by atoms with Gasteiger partial charge in [0.15, 0.2) is 0 Å². The van der Waals surface area contributed by atoms with Gasteiger partial charge in [-0.25, -0.2) is 12.8 Å². The summed E-state index contributed by atoms with van der Waals surface area (Å²) in [5, 5.41) is 0. The molecule has 0 radical (unpaired) electrons. The Morgan fingerprint density at radius 3 is 2.27 bits per heavy atom. The summed E-state index contributed by atoms with van der Waals surface area (Å²) in [6.45, 7) is 2.10. The highest BCUT2D eigenvalue weighted by Gasteiger charge is 2.31. The summed E-state index contributed by atoms with van der Waals surface area (Å²) < 4.78 is 40.7. The normalized spacial score (nSPS) is 18.3. The molecule has 1 aliphatic heterocycles. The lowest BCUT2D eigenvalue weighted by atomic mass is 9.98. The molecule has 2 aromatic rings. The van der Waals surface area contributed by atoms with E-state index in [-0.39, 0.29) is 5.82 Å². The largest absolute Gasteiger partial charge is 0.369 e. The van der Waals surface area contributed by atoms with Crippen LogP contribution in [0.4, 0.5) is 10.1 Å². The van der Waals surface area contributed by atoms with Gasteiger partial charge < -0.3 is 4.90 Å². The molecule has 0 aromatic heterocycles. The highest BCUT2D eigenvalue weighted by molar-refractivity contribution is 7.93. The van der Waals surface area contributed by atoms with Crippen molar-refractivity contribution >= 4 is 21.8 Å². The molecule has 0 unspecified atom stereocenters. The van der Waals surface area contributed by atoms with Crippen molar-refractivity contribution in [3.63, 3.8) is 0 Å². The minimum atomic E-state index is -3.43. The first-order valence-corrected chi connectivity index (χ1v) is 10.3. The van der Waals surface area contributed by atoms with E-state index in [0.29, 0.717) is 37.5 Å². The Balaban J connectivity index is 1.49. The van der Waals surface area contributed by atoms with Gasteiger partial charge in [-0.3, -0.25) is 0 Å². The zero-order chi connectivity index (χ0) is 18.1. The third kappa shape index (κ3) is 3.27. The van der Waals surface area contributed by atoms with Crippen LogP contribution < -0.4 is 4.90 Å². The fourth-order valence-electron chi connectivity index (χ4n) is 3.61.